The van der Waals surface area contributed by atoms with Gasteiger partial charge >= 0.3 is 10.1 Å². The highest BCUT2D eigenvalue weighted by Gasteiger charge is 2.32. The molecule has 0 aliphatic carbocycles. The molecule has 0 saturated carbocycles. The molecule has 0 saturated heterocycles. The Morgan fingerprint density at radius 1 is 0.727 bits per heavy atom. The Bertz CT molecular complexity index is 2410. The Morgan fingerprint density at radius 3 is 1.76 bits per heavy atom. The number of fused-ring (bicyclic) bond motifs is 6. The lowest BCUT2D eigenvalue weighted by Crippen LogP contribution is -2.08. The van der Waals surface area contributed by atoms with Crippen molar-refractivity contribution in [1.82, 2.24) is 19.6 Å². The van der Waals surface area contributed by atoms with Crippen LogP contribution in [0.2, 0.25) is 0 Å². The molecule has 0 spiro atoms. The molecule has 4 aromatic heterocycles. The number of aromatic nitrogens is 4. The SMILES string of the molecule is Cc1ccc(Cn2nc(C(O)CCCCCC(O)c3nn(Cc4ccc(C)cc4)c4c3CCOc3cc(S(=O)(=O)O)sc3-4)c3c2-c2sccc2OCC3)cc1. The van der Waals surface area contributed by atoms with Gasteiger partial charge in [0.15, 0.2) is 4.21 Å². The minimum atomic E-state index is -4.44. The zero-order chi connectivity index (χ0) is 38.3. The molecule has 2 aliphatic rings. The Balaban J connectivity index is 0.973. The Kier molecular flexibility index (Phi) is 10.7. The second-order valence-electron chi connectivity index (χ2n) is 14.4. The number of benzene rings is 2. The molecule has 0 bridgehead atoms. The monoisotopic (exact) mass is 800 g/mol. The average molecular weight is 801 g/mol. The number of aliphatic hydroxyl groups excluding tert-OH is 2. The van der Waals surface area contributed by atoms with Crippen molar-refractivity contribution in [2.24, 2.45) is 0 Å². The van der Waals surface area contributed by atoms with Crippen LogP contribution in [0.25, 0.3) is 21.1 Å². The predicted molar refractivity (Wildman–Crippen MR) is 213 cm³/mol. The van der Waals surface area contributed by atoms with Crippen LogP contribution in [0.5, 0.6) is 11.5 Å². The smallest absolute Gasteiger partial charge is 0.304 e. The van der Waals surface area contributed by atoms with Crippen LogP contribution in [-0.2, 0) is 36.0 Å². The molecule has 0 amide bonds. The minimum absolute atomic E-state index is 0.198. The maximum Gasteiger partial charge on any atom is 0.304 e. The van der Waals surface area contributed by atoms with Crippen molar-refractivity contribution in [3.63, 3.8) is 0 Å². The lowest BCUT2D eigenvalue weighted by molar-refractivity contribution is 0.147. The first-order valence-corrected chi connectivity index (χ1v) is 21.8. The van der Waals surface area contributed by atoms with Crippen LogP contribution in [0.1, 0.15) is 89.1 Å². The van der Waals surface area contributed by atoms with Crippen molar-refractivity contribution in [3.05, 3.63) is 111 Å². The summed E-state index contributed by atoms with van der Waals surface area (Å²) >= 11 is 2.57. The second kappa shape index (κ2) is 15.7. The number of hydrogen-bond acceptors (Lipinski definition) is 10. The first-order valence-electron chi connectivity index (χ1n) is 18.6. The van der Waals surface area contributed by atoms with Crippen molar-refractivity contribution in [2.45, 2.75) is 88.3 Å². The van der Waals surface area contributed by atoms with Crippen LogP contribution in [0.4, 0.5) is 0 Å². The van der Waals surface area contributed by atoms with Crippen LogP contribution in [-0.4, -0.2) is 56.0 Å². The predicted octanol–water partition coefficient (Wildman–Crippen LogP) is 8.08. The summed E-state index contributed by atoms with van der Waals surface area (Å²) in [5.74, 6) is 1.23. The van der Waals surface area contributed by atoms with E-state index in [1.54, 1.807) is 11.3 Å². The van der Waals surface area contributed by atoms with Gasteiger partial charge in [0.2, 0.25) is 0 Å². The Morgan fingerprint density at radius 2 is 1.24 bits per heavy atom. The average Bonchev–Trinajstić information content (AvgIpc) is 3.91. The summed E-state index contributed by atoms with van der Waals surface area (Å²) in [6.07, 6.45) is 2.83. The van der Waals surface area contributed by atoms with E-state index in [1.165, 1.54) is 11.6 Å². The van der Waals surface area contributed by atoms with E-state index in [0.717, 1.165) is 68.3 Å². The molecule has 3 N–H and O–H groups in total. The van der Waals surface area contributed by atoms with E-state index in [0.29, 0.717) is 79.5 Å². The van der Waals surface area contributed by atoms with Gasteiger partial charge in [0.25, 0.3) is 0 Å². The molecule has 0 radical (unpaired) electrons. The van der Waals surface area contributed by atoms with Crippen molar-refractivity contribution in [2.75, 3.05) is 13.2 Å². The molecule has 2 aliphatic heterocycles. The van der Waals surface area contributed by atoms with Crippen molar-refractivity contribution in [1.29, 1.82) is 0 Å². The second-order valence-corrected chi connectivity index (χ2v) is 18.0. The van der Waals surface area contributed by atoms with E-state index in [1.807, 2.05) is 52.0 Å². The largest absolute Gasteiger partial charge is 0.492 e. The van der Waals surface area contributed by atoms with Gasteiger partial charge in [0.05, 0.1) is 71.0 Å². The Hall–Kier alpha value is -4.31. The molecule has 2 atom stereocenters. The van der Waals surface area contributed by atoms with E-state index >= 15 is 0 Å². The lowest BCUT2D eigenvalue weighted by atomic mass is 9.99. The summed E-state index contributed by atoms with van der Waals surface area (Å²) in [6.45, 7) is 5.91. The minimum Gasteiger partial charge on any atom is -0.492 e. The third kappa shape index (κ3) is 7.89. The summed E-state index contributed by atoms with van der Waals surface area (Å²) in [5, 5.41) is 35.1. The van der Waals surface area contributed by atoms with E-state index < -0.39 is 22.3 Å². The quantitative estimate of drug-likeness (QED) is 0.0779. The third-order valence-electron chi connectivity index (χ3n) is 10.4. The maximum absolute atomic E-state index is 12.1. The number of unbranched alkanes of at least 4 members (excludes halogenated alkanes) is 2. The van der Waals surface area contributed by atoms with Crippen LogP contribution in [0, 0.1) is 13.8 Å². The van der Waals surface area contributed by atoms with Gasteiger partial charge in [0, 0.05) is 30.0 Å². The highest BCUT2D eigenvalue weighted by atomic mass is 32.3. The number of hydrogen-bond donors (Lipinski definition) is 3. The fraction of sp³-hybridized carbons (Fsp3) is 0.366. The van der Waals surface area contributed by atoms with Crippen LogP contribution in [0.15, 0.2) is 70.3 Å². The van der Waals surface area contributed by atoms with Gasteiger partial charge in [-0.15, -0.1) is 22.7 Å². The van der Waals surface area contributed by atoms with Crippen LogP contribution < -0.4 is 9.47 Å². The van der Waals surface area contributed by atoms with Gasteiger partial charge in [-0.1, -0.05) is 78.9 Å². The van der Waals surface area contributed by atoms with Gasteiger partial charge in [-0.2, -0.15) is 18.6 Å². The molecule has 2 unspecified atom stereocenters. The topological polar surface area (TPSA) is 149 Å². The highest BCUT2D eigenvalue weighted by Crippen LogP contribution is 2.46. The fourth-order valence-corrected chi connectivity index (χ4v) is 10.3. The Labute approximate surface area is 328 Å². The van der Waals surface area contributed by atoms with Crippen molar-refractivity contribution in [3.8, 4) is 32.6 Å². The van der Waals surface area contributed by atoms with E-state index in [9.17, 15) is 23.2 Å². The molecule has 11 nitrogen and oxygen atoms in total. The molecular weight excluding hydrogens is 757 g/mol. The summed E-state index contributed by atoms with van der Waals surface area (Å²) in [7, 11) is -4.44. The molecule has 288 valence electrons. The molecule has 8 rings (SSSR count). The van der Waals surface area contributed by atoms with E-state index in [4.69, 9.17) is 19.7 Å². The maximum atomic E-state index is 12.1. The number of ether oxygens (including phenoxy) is 2. The van der Waals surface area contributed by atoms with Crippen molar-refractivity contribution >= 4 is 32.8 Å². The van der Waals surface area contributed by atoms with Crippen LogP contribution in [0.3, 0.4) is 0 Å². The van der Waals surface area contributed by atoms with Crippen molar-refractivity contribution < 1.29 is 32.7 Å². The summed E-state index contributed by atoms with van der Waals surface area (Å²) < 4.78 is 49.6. The molecule has 0 fully saturated rings. The third-order valence-corrected chi connectivity index (χ3v) is 13.7. The number of thiophene rings is 2. The van der Waals surface area contributed by atoms with E-state index in [2.05, 4.69) is 31.2 Å². The molecule has 2 aromatic carbocycles. The molecule has 55 heavy (non-hydrogen) atoms. The fourth-order valence-electron chi connectivity index (χ4n) is 7.52. The summed E-state index contributed by atoms with van der Waals surface area (Å²) in [4.78, 5) is 1.60. The number of aryl methyl sites for hydroxylation is 2. The summed E-state index contributed by atoms with van der Waals surface area (Å²) in [5.41, 5.74) is 9.33. The highest BCUT2D eigenvalue weighted by molar-refractivity contribution is 7.88. The number of nitrogens with zero attached hydrogens (tertiary/aromatic N) is 4. The van der Waals surface area contributed by atoms with Crippen LogP contribution >= 0.6 is 22.7 Å². The number of rotatable bonds is 13. The van der Waals surface area contributed by atoms with Gasteiger partial charge in [0.1, 0.15) is 11.5 Å². The molecule has 6 aromatic rings. The zero-order valence-electron chi connectivity index (χ0n) is 30.8. The molecule has 14 heteroatoms. The standard InChI is InChI=1S/C41H44N4O7S3/c1-25-8-12-27(13-9-25)23-44-38-29(16-19-51-33-18-21-53-40(33)38)36(42-44)31(46)6-4-3-5-7-32(47)37-30-17-20-52-34-22-35(55(48,49)50)54-41(34)39(30)45(43-37)24-28-14-10-26(2)11-15-28/h8-15,18,21-22,31-32,46-47H,3-7,16-17,19-20,23-24H2,1-2H3,(H,48,49,50). The van der Waals surface area contributed by atoms with Gasteiger partial charge in [-0.3, -0.25) is 13.9 Å². The summed E-state index contributed by atoms with van der Waals surface area (Å²) in [6, 6.07) is 19.9. The van der Waals surface area contributed by atoms with E-state index in [-0.39, 0.29) is 10.8 Å². The first kappa shape index (κ1) is 37.6. The van der Waals surface area contributed by atoms with Gasteiger partial charge in [-0.05, 0) is 49.3 Å². The van der Waals surface area contributed by atoms with Gasteiger partial charge in [-0.25, -0.2) is 0 Å². The first-order chi connectivity index (χ1) is 26.5. The molecular formula is C41H44N4O7S3. The number of aliphatic hydroxyl groups is 2. The lowest BCUT2D eigenvalue weighted by Gasteiger charge is -2.12. The van der Waals surface area contributed by atoms with Gasteiger partial charge < -0.3 is 19.7 Å². The normalized spacial score (nSPS) is 14.8. The molecule has 6 heterocycles. The zero-order valence-corrected chi connectivity index (χ0v) is 33.2.